The van der Waals surface area contributed by atoms with Crippen LogP contribution in [0, 0.1) is 10.1 Å². The van der Waals surface area contributed by atoms with Crippen LogP contribution in [0.25, 0.3) is 5.76 Å². The van der Waals surface area contributed by atoms with Gasteiger partial charge in [-0.15, -0.1) is 0 Å². The van der Waals surface area contributed by atoms with Gasteiger partial charge in [0.1, 0.15) is 5.76 Å². The third kappa shape index (κ3) is 3.83. The number of benzene rings is 3. The molecular weight excluding hydrogens is 440 g/mol. The van der Waals surface area contributed by atoms with Gasteiger partial charge in [-0.25, -0.2) is 0 Å². The summed E-state index contributed by atoms with van der Waals surface area (Å²) in [5.74, 6) is -1.40. The van der Waals surface area contributed by atoms with E-state index in [0.29, 0.717) is 22.6 Å². The molecule has 1 fully saturated rings. The Hall–Kier alpha value is -4.66. The van der Waals surface area contributed by atoms with Crippen LogP contribution in [0.2, 0.25) is 0 Å². The van der Waals surface area contributed by atoms with Crippen molar-refractivity contribution in [2.75, 3.05) is 19.1 Å². The summed E-state index contributed by atoms with van der Waals surface area (Å²) in [6.07, 6.45) is 0. The molecule has 0 radical (unpaired) electrons. The summed E-state index contributed by atoms with van der Waals surface area (Å²) < 4.78 is 10.7. The van der Waals surface area contributed by atoms with Gasteiger partial charge in [-0.2, -0.15) is 0 Å². The fourth-order valence-corrected chi connectivity index (χ4v) is 3.95. The molecular formula is C25H20N2O7. The number of aliphatic hydroxyl groups excluding tert-OH is 1. The first-order valence-corrected chi connectivity index (χ1v) is 10.2. The van der Waals surface area contributed by atoms with Crippen molar-refractivity contribution in [3.05, 3.63) is 99.6 Å². The number of non-ortho nitro benzene ring substituents is 1. The Balaban J connectivity index is 1.98. The molecule has 172 valence electrons. The van der Waals surface area contributed by atoms with E-state index in [1.807, 2.05) is 0 Å². The minimum Gasteiger partial charge on any atom is -0.507 e. The van der Waals surface area contributed by atoms with E-state index in [9.17, 15) is 24.8 Å². The molecule has 1 aliphatic rings. The van der Waals surface area contributed by atoms with Crippen molar-refractivity contribution in [1.29, 1.82) is 0 Å². The van der Waals surface area contributed by atoms with E-state index in [1.165, 1.54) is 38.5 Å². The Morgan fingerprint density at radius 2 is 1.65 bits per heavy atom. The Morgan fingerprint density at radius 3 is 2.29 bits per heavy atom. The van der Waals surface area contributed by atoms with Crippen molar-refractivity contribution in [3.8, 4) is 11.5 Å². The first-order valence-electron chi connectivity index (χ1n) is 10.2. The fourth-order valence-electron chi connectivity index (χ4n) is 3.95. The smallest absolute Gasteiger partial charge is 0.300 e. The molecule has 1 N–H and O–H groups in total. The van der Waals surface area contributed by atoms with Crippen molar-refractivity contribution in [2.24, 2.45) is 0 Å². The number of ketones is 1. The number of methoxy groups -OCH3 is 2. The van der Waals surface area contributed by atoms with Gasteiger partial charge in [0.2, 0.25) is 0 Å². The number of anilines is 1. The monoisotopic (exact) mass is 460 g/mol. The largest absolute Gasteiger partial charge is 0.507 e. The third-order valence-electron chi connectivity index (χ3n) is 5.53. The van der Waals surface area contributed by atoms with Crippen molar-refractivity contribution in [2.45, 2.75) is 6.04 Å². The zero-order valence-electron chi connectivity index (χ0n) is 18.3. The molecule has 9 heteroatoms. The van der Waals surface area contributed by atoms with Crippen molar-refractivity contribution in [1.82, 2.24) is 0 Å². The van der Waals surface area contributed by atoms with Gasteiger partial charge >= 0.3 is 0 Å². The van der Waals surface area contributed by atoms with Gasteiger partial charge in [-0.1, -0.05) is 42.5 Å². The van der Waals surface area contributed by atoms with E-state index >= 15 is 0 Å². The zero-order valence-corrected chi connectivity index (χ0v) is 18.3. The van der Waals surface area contributed by atoms with Gasteiger partial charge in [0.25, 0.3) is 17.4 Å². The Labute approximate surface area is 194 Å². The second kappa shape index (κ2) is 9.07. The standard InChI is InChI=1S/C25H20N2O7/c1-33-19-12-11-16(13-20(19)34-2)22-21(23(28)15-7-4-3-5-8-15)24(29)25(30)26(22)17-9-6-10-18(14-17)27(31)32/h3-14,22,28H,1-2H3. The molecule has 1 atom stereocenters. The molecule has 0 aromatic heterocycles. The maximum Gasteiger partial charge on any atom is 0.300 e. The minimum absolute atomic E-state index is 0.142. The number of nitro groups is 1. The number of hydrogen-bond acceptors (Lipinski definition) is 7. The Morgan fingerprint density at radius 1 is 0.941 bits per heavy atom. The molecule has 1 aliphatic heterocycles. The van der Waals surface area contributed by atoms with Crippen LogP contribution in [0.15, 0.2) is 78.4 Å². The van der Waals surface area contributed by atoms with E-state index in [4.69, 9.17) is 9.47 Å². The maximum atomic E-state index is 13.2. The first kappa shape index (κ1) is 22.5. The van der Waals surface area contributed by atoms with Gasteiger partial charge in [-0.3, -0.25) is 24.6 Å². The molecule has 0 aliphatic carbocycles. The van der Waals surface area contributed by atoms with Crippen LogP contribution in [0.1, 0.15) is 17.2 Å². The summed E-state index contributed by atoms with van der Waals surface area (Å²) in [4.78, 5) is 38.3. The van der Waals surface area contributed by atoms with Gasteiger partial charge in [-0.05, 0) is 23.8 Å². The zero-order chi connectivity index (χ0) is 24.4. The van der Waals surface area contributed by atoms with Gasteiger partial charge in [0.15, 0.2) is 11.5 Å². The lowest BCUT2D eigenvalue weighted by Gasteiger charge is -2.26. The molecule has 1 amide bonds. The molecule has 1 unspecified atom stereocenters. The second-order valence-corrected chi connectivity index (χ2v) is 7.43. The molecule has 0 saturated carbocycles. The third-order valence-corrected chi connectivity index (χ3v) is 5.53. The summed E-state index contributed by atoms with van der Waals surface area (Å²) in [6.45, 7) is 0. The molecule has 1 saturated heterocycles. The quantitative estimate of drug-likeness (QED) is 0.192. The van der Waals surface area contributed by atoms with Crippen LogP contribution in [0.4, 0.5) is 11.4 Å². The Kier molecular flexibility index (Phi) is 6.01. The number of hydrogen-bond donors (Lipinski definition) is 1. The molecule has 3 aromatic carbocycles. The number of ether oxygens (including phenoxy) is 2. The molecule has 0 spiro atoms. The number of rotatable bonds is 6. The number of Topliss-reactive ketones (excluding diaryl/α,β-unsaturated/α-hetero) is 1. The average molecular weight is 460 g/mol. The molecule has 9 nitrogen and oxygen atoms in total. The highest BCUT2D eigenvalue weighted by Crippen LogP contribution is 2.44. The van der Waals surface area contributed by atoms with Crippen LogP contribution >= 0.6 is 0 Å². The number of carbonyl (C=O) groups is 2. The van der Waals surface area contributed by atoms with Crippen LogP contribution in [-0.4, -0.2) is 35.9 Å². The number of aliphatic hydroxyl groups is 1. The number of amides is 1. The lowest BCUT2D eigenvalue weighted by Crippen LogP contribution is -2.29. The highest BCUT2D eigenvalue weighted by molar-refractivity contribution is 6.51. The summed E-state index contributed by atoms with van der Waals surface area (Å²) in [5.41, 5.74) is 0.553. The van der Waals surface area contributed by atoms with E-state index in [0.717, 1.165) is 4.90 Å². The number of nitrogens with zero attached hydrogens (tertiary/aromatic N) is 2. The topological polar surface area (TPSA) is 119 Å². The van der Waals surface area contributed by atoms with E-state index in [2.05, 4.69) is 0 Å². The van der Waals surface area contributed by atoms with Crippen molar-refractivity contribution < 1.29 is 29.1 Å². The minimum atomic E-state index is -1.07. The number of carbonyl (C=O) groups excluding carboxylic acids is 2. The summed E-state index contributed by atoms with van der Waals surface area (Å²) in [5, 5.41) is 22.4. The molecule has 4 rings (SSSR count). The summed E-state index contributed by atoms with van der Waals surface area (Å²) in [6, 6.07) is 17.6. The predicted molar refractivity (Wildman–Crippen MR) is 124 cm³/mol. The van der Waals surface area contributed by atoms with Crippen molar-refractivity contribution in [3.63, 3.8) is 0 Å². The summed E-state index contributed by atoms with van der Waals surface area (Å²) >= 11 is 0. The summed E-state index contributed by atoms with van der Waals surface area (Å²) in [7, 11) is 2.92. The molecule has 1 heterocycles. The molecule has 0 bridgehead atoms. The lowest BCUT2D eigenvalue weighted by atomic mass is 9.94. The van der Waals surface area contributed by atoms with Crippen LogP contribution < -0.4 is 14.4 Å². The maximum absolute atomic E-state index is 13.2. The van der Waals surface area contributed by atoms with E-state index in [1.54, 1.807) is 48.5 Å². The fraction of sp³-hybridized carbons (Fsp3) is 0.120. The van der Waals surface area contributed by atoms with Crippen molar-refractivity contribution >= 4 is 28.8 Å². The SMILES string of the molecule is COc1ccc(C2C(=C(O)c3ccccc3)C(=O)C(=O)N2c2cccc([N+](=O)[O-])c2)cc1OC. The Bertz CT molecular complexity index is 1320. The van der Waals surface area contributed by atoms with Crippen LogP contribution in [0.5, 0.6) is 11.5 Å². The van der Waals surface area contributed by atoms with Gasteiger partial charge in [0, 0.05) is 17.7 Å². The predicted octanol–water partition coefficient (Wildman–Crippen LogP) is 4.24. The highest BCUT2D eigenvalue weighted by atomic mass is 16.6. The normalized spacial score (nSPS) is 17.0. The van der Waals surface area contributed by atoms with Crippen LogP contribution in [-0.2, 0) is 9.59 Å². The van der Waals surface area contributed by atoms with Gasteiger partial charge in [0.05, 0.1) is 36.4 Å². The van der Waals surface area contributed by atoms with Gasteiger partial charge < -0.3 is 14.6 Å². The molecule has 34 heavy (non-hydrogen) atoms. The average Bonchev–Trinajstić information content (AvgIpc) is 3.13. The second-order valence-electron chi connectivity index (χ2n) is 7.43. The van der Waals surface area contributed by atoms with Crippen LogP contribution in [0.3, 0.4) is 0 Å². The van der Waals surface area contributed by atoms with E-state index in [-0.39, 0.29) is 22.7 Å². The molecule has 3 aromatic rings. The highest BCUT2D eigenvalue weighted by Gasteiger charge is 2.47. The lowest BCUT2D eigenvalue weighted by molar-refractivity contribution is -0.384. The first-order chi connectivity index (χ1) is 16.4. The van der Waals surface area contributed by atoms with E-state index < -0.39 is 22.7 Å². The number of nitro benzene ring substituents is 1.